The van der Waals surface area contributed by atoms with Crippen LogP contribution in [-0.2, 0) is 4.79 Å². The van der Waals surface area contributed by atoms with E-state index in [9.17, 15) is 9.18 Å². The molecular weight excluding hydrogens is 307 g/mol. The van der Waals surface area contributed by atoms with Crippen molar-refractivity contribution in [3.63, 3.8) is 0 Å². The monoisotopic (exact) mass is 324 g/mol. The molecule has 0 saturated heterocycles. The van der Waals surface area contributed by atoms with Gasteiger partial charge >= 0.3 is 0 Å². The second-order valence-corrected chi connectivity index (χ2v) is 5.63. The molecule has 3 rings (SSSR count). The Bertz CT molecular complexity index is 885. The Balaban J connectivity index is 2.00. The quantitative estimate of drug-likeness (QED) is 0.880. The minimum atomic E-state index is -0.403. The maximum atomic E-state index is 13.5. The Morgan fingerprint density at radius 1 is 1.12 bits per heavy atom. The summed E-state index contributed by atoms with van der Waals surface area (Å²) in [7, 11) is 1.49. The summed E-state index contributed by atoms with van der Waals surface area (Å²) in [6, 6.07) is 9.99. The normalized spacial score (nSPS) is 15.4. The number of amidine groups is 1. The molecule has 1 amide bonds. The molecule has 0 unspecified atom stereocenters. The summed E-state index contributed by atoms with van der Waals surface area (Å²) in [5.74, 6) is 0.241. The van der Waals surface area contributed by atoms with E-state index in [4.69, 9.17) is 4.74 Å². The Labute approximate surface area is 139 Å². The topological polar surface area (TPSA) is 50.7 Å². The number of nitrogens with one attached hydrogen (secondary N) is 1. The first-order valence-electron chi connectivity index (χ1n) is 7.51. The van der Waals surface area contributed by atoms with Gasteiger partial charge in [-0.05, 0) is 55.3 Å². The van der Waals surface area contributed by atoms with Crippen molar-refractivity contribution in [2.75, 3.05) is 7.11 Å². The van der Waals surface area contributed by atoms with Crippen LogP contribution in [0.15, 0.2) is 47.1 Å². The first kappa shape index (κ1) is 15.9. The number of amides is 1. The third-order valence-corrected chi connectivity index (χ3v) is 3.96. The molecule has 0 aromatic heterocycles. The van der Waals surface area contributed by atoms with E-state index in [1.54, 1.807) is 0 Å². The number of hydrogen-bond acceptors (Lipinski definition) is 3. The summed E-state index contributed by atoms with van der Waals surface area (Å²) in [5, 5.41) is 2.75. The summed E-state index contributed by atoms with van der Waals surface area (Å²) in [6.45, 7) is 4.03. The number of ether oxygens (including phenoxy) is 1. The smallest absolute Gasteiger partial charge is 0.275 e. The fourth-order valence-corrected chi connectivity index (χ4v) is 2.46. The van der Waals surface area contributed by atoms with Crippen molar-refractivity contribution < 1.29 is 13.9 Å². The molecule has 1 aliphatic rings. The van der Waals surface area contributed by atoms with Crippen LogP contribution in [0, 0.1) is 19.7 Å². The minimum absolute atomic E-state index is 0.215. The number of rotatable bonds is 3. The lowest BCUT2D eigenvalue weighted by Gasteiger charge is -2.04. The van der Waals surface area contributed by atoms with Gasteiger partial charge in [-0.15, -0.1) is 0 Å². The van der Waals surface area contributed by atoms with Crippen LogP contribution >= 0.6 is 0 Å². The number of carbonyl (C=O) groups is 1. The highest BCUT2D eigenvalue weighted by atomic mass is 19.1. The number of carbonyl (C=O) groups excluding carboxylic acids is 1. The lowest BCUT2D eigenvalue weighted by molar-refractivity contribution is -0.115. The Morgan fingerprint density at radius 3 is 2.62 bits per heavy atom. The second-order valence-electron chi connectivity index (χ2n) is 5.63. The Kier molecular flexibility index (Phi) is 4.16. The zero-order valence-corrected chi connectivity index (χ0v) is 13.7. The van der Waals surface area contributed by atoms with Crippen molar-refractivity contribution in [3.05, 3.63) is 70.2 Å². The van der Waals surface area contributed by atoms with E-state index < -0.39 is 5.82 Å². The van der Waals surface area contributed by atoms with Crippen molar-refractivity contribution in [1.29, 1.82) is 0 Å². The van der Waals surface area contributed by atoms with Gasteiger partial charge in [-0.3, -0.25) is 4.79 Å². The van der Waals surface area contributed by atoms with Crippen LogP contribution < -0.4 is 10.1 Å². The summed E-state index contributed by atoms with van der Waals surface area (Å²) in [5.41, 5.74) is 3.80. The molecule has 0 saturated carbocycles. The third kappa shape index (κ3) is 3.06. The number of nitrogens with zero attached hydrogens (tertiary/aromatic N) is 1. The molecule has 1 N–H and O–H groups in total. The van der Waals surface area contributed by atoms with E-state index in [-0.39, 0.29) is 11.6 Å². The molecule has 2 aromatic rings. The Hall–Kier alpha value is -2.95. The van der Waals surface area contributed by atoms with E-state index in [2.05, 4.69) is 10.3 Å². The van der Waals surface area contributed by atoms with Crippen LogP contribution in [0.2, 0.25) is 0 Å². The summed E-state index contributed by atoms with van der Waals surface area (Å²) < 4.78 is 18.7. The van der Waals surface area contributed by atoms with Gasteiger partial charge in [-0.25, -0.2) is 9.38 Å². The van der Waals surface area contributed by atoms with Crippen molar-refractivity contribution >= 4 is 17.8 Å². The zero-order chi connectivity index (χ0) is 17.3. The third-order valence-electron chi connectivity index (χ3n) is 3.96. The van der Waals surface area contributed by atoms with Crippen molar-refractivity contribution in [3.8, 4) is 5.75 Å². The lowest BCUT2D eigenvalue weighted by Crippen LogP contribution is -2.24. The predicted octanol–water partition coefficient (Wildman–Crippen LogP) is 3.37. The van der Waals surface area contributed by atoms with Crippen LogP contribution in [-0.4, -0.2) is 18.9 Å². The maximum Gasteiger partial charge on any atom is 0.275 e. The minimum Gasteiger partial charge on any atom is -0.496 e. The van der Waals surface area contributed by atoms with Crippen LogP contribution in [0.5, 0.6) is 5.75 Å². The molecule has 0 radical (unpaired) electrons. The van der Waals surface area contributed by atoms with Gasteiger partial charge in [-0.2, -0.15) is 0 Å². The fraction of sp³-hybridized carbons (Fsp3) is 0.158. The van der Waals surface area contributed by atoms with Gasteiger partial charge in [0.1, 0.15) is 23.1 Å². The molecule has 122 valence electrons. The zero-order valence-electron chi connectivity index (χ0n) is 13.7. The molecule has 4 nitrogen and oxygen atoms in total. The van der Waals surface area contributed by atoms with E-state index >= 15 is 0 Å². The van der Waals surface area contributed by atoms with E-state index in [1.807, 2.05) is 32.0 Å². The standard InChI is InChI=1S/C19H17FN2O2/c1-11-4-5-13(8-12(11)2)18-21-16(19(23)22-18)10-14-9-15(20)6-7-17(14)24-3/h4-10H,1-3H3,(H,21,22,23)/b16-10+. The largest absolute Gasteiger partial charge is 0.496 e. The number of benzene rings is 2. The van der Waals surface area contributed by atoms with Crippen LogP contribution in [0.25, 0.3) is 6.08 Å². The summed E-state index contributed by atoms with van der Waals surface area (Å²) >= 11 is 0. The number of methoxy groups -OCH3 is 1. The molecule has 1 aliphatic heterocycles. The molecule has 5 heteroatoms. The number of aryl methyl sites for hydroxylation is 2. The molecule has 1 heterocycles. The average Bonchev–Trinajstić information content (AvgIpc) is 2.91. The van der Waals surface area contributed by atoms with Gasteiger partial charge < -0.3 is 10.1 Å². The summed E-state index contributed by atoms with van der Waals surface area (Å²) in [6.07, 6.45) is 1.52. The van der Waals surface area contributed by atoms with Crippen LogP contribution in [0.1, 0.15) is 22.3 Å². The first-order chi connectivity index (χ1) is 11.5. The molecule has 0 fully saturated rings. The molecular formula is C19H17FN2O2. The lowest BCUT2D eigenvalue weighted by atomic mass is 10.1. The van der Waals surface area contributed by atoms with Gasteiger partial charge in [0, 0.05) is 11.1 Å². The highest BCUT2D eigenvalue weighted by Crippen LogP contribution is 2.24. The molecule has 0 atom stereocenters. The van der Waals surface area contributed by atoms with Gasteiger partial charge in [0.15, 0.2) is 0 Å². The fourth-order valence-electron chi connectivity index (χ4n) is 2.46. The van der Waals surface area contributed by atoms with Crippen molar-refractivity contribution in [2.45, 2.75) is 13.8 Å². The van der Waals surface area contributed by atoms with Crippen molar-refractivity contribution in [2.24, 2.45) is 4.99 Å². The predicted molar refractivity (Wildman–Crippen MR) is 91.5 cm³/mol. The molecule has 0 aliphatic carbocycles. The van der Waals surface area contributed by atoms with Gasteiger partial charge in [0.25, 0.3) is 5.91 Å². The first-order valence-corrected chi connectivity index (χ1v) is 7.51. The van der Waals surface area contributed by atoms with Crippen LogP contribution in [0.3, 0.4) is 0 Å². The van der Waals surface area contributed by atoms with E-state index in [0.29, 0.717) is 17.1 Å². The number of aliphatic imine (C=N–C) groups is 1. The van der Waals surface area contributed by atoms with E-state index in [0.717, 1.165) is 11.1 Å². The molecule has 2 aromatic carbocycles. The summed E-state index contributed by atoms with van der Waals surface area (Å²) in [4.78, 5) is 16.5. The number of halogens is 1. The van der Waals surface area contributed by atoms with E-state index in [1.165, 1.54) is 36.9 Å². The molecule has 0 bridgehead atoms. The average molecular weight is 324 g/mol. The maximum absolute atomic E-state index is 13.5. The SMILES string of the molecule is COc1ccc(F)cc1/C=C1/N=C(c2ccc(C)c(C)c2)NC1=O. The van der Waals surface area contributed by atoms with Gasteiger partial charge in [-0.1, -0.05) is 12.1 Å². The van der Waals surface area contributed by atoms with Gasteiger partial charge in [0.05, 0.1) is 7.11 Å². The van der Waals surface area contributed by atoms with Crippen molar-refractivity contribution in [1.82, 2.24) is 5.32 Å². The molecule has 24 heavy (non-hydrogen) atoms. The number of hydrogen-bond donors (Lipinski definition) is 1. The Morgan fingerprint density at radius 2 is 1.92 bits per heavy atom. The molecule has 0 spiro atoms. The highest BCUT2D eigenvalue weighted by molar-refractivity contribution is 6.19. The van der Waals surface area contributed by atoms with Crippen LogP contribution in [0.4, 0.5) is 4.39 Å². The highest BCUT2D eigenvalue weighted by Gasteiger charge is 2.22. The van der Waals surface area contributed by atoms with Gasteiger partial charge in [0.2, 0.25) is 0 Å². The second kappa shape index (κ2) is 6.28.